The van der Waals surface area contributed by atoms with Crippen molar-refractivity contribution >= 4 is 21.8 Å². The molecule has 1 amide bonds. The maximum absolute atomic E-state index is 12.6. The summed E-state index contributed by atoms with van der Waals surface area (Å²) in [5, 5.41) is 7.23. The molecule has 0 unspecified atom stereocenters. The van der Waals surface area contributed by atoms with E-state index in [1.807, 2.05) is 18.2 Å². The van der Waals surface area contributed by atoms with Gasteiger partial charge in [-0.15, -0.1) is 0 Å². The zero-order valence-electron chi connectivity index (χ0n) is 12.4. The molecule has 0 bridgehead atoms. The lowest BCUT2D eigenvalue weighted by Gasteiger charge is -2.35. The summed E-state index contributed by atoms with van der Waals surface area (Å²) in [6.07, 6.45) is 4.95. The van der Waals surface area contributed by atoms with E-state index in [2.05, 4.69) is 31.4 Å². The summed E-state index contributed by atoms with van der Waals surface area (Å²) in [6.45, 7) is 1.77. The lowest BCUT2D eigenvalue weighted by atomic mass is 9.80. The Labute approximate surface area is 137 Å². The molecule has 1 heterocycles. The highest BCUT2D eigenvalue weighted by molar-refractivity contribution is 9.10. The van der Waals surface area contributed by atoms with Crippen molar-refractivity contribution in [2.45, 2.75) is 44.6 Å². The second kappa shape index (κ2) is 6.20. The van der Waals surface area contributed by atoms with Crippen molar-refractivity contribution in [3.63, 3.8) is 0 Å². The summed E-state index contributed by atoms with van der Waals surface area (Å²) in [5.74, 6) is 1.01. The highest BCUT2D eigenvalue weighted by Crippen LogP contribution is 2.36. The van der Waals surface area contributed by atoms with E-state index in [1.54, 1.807) is 13.0 Å². The Hall–Kier alpha value is -1.69. The molecular weight excluding hydrogens is 346 g/mol. The smallest absolute Gasteiger partial charge is 0.252 e. The van der Waals surface area contributed by atoms with Crippen LogP contribution < -0.4 is 5.32 Å². The Kier molecular flexibility index (Phi) is 4.29. The first-order valence-corrected chi connectivity index (χ1v) is 8.27. The molecule has 1 saturated carbocycles. The Morgan fingerprint density at radius 3 is 2.73 bits per heavy atom. The first kappa shape index (κ1) is 15.2. The number of aromatic nitrogens is 2. The van der Waals surface area contributed by atoms with Crippen molar-refractivity contribution in [3.8, 4) is 0 Å². The fourth-order valence-corrected chi connectivity index (χ4v) is 3.37. The average molecular weight is 364 g/mol. The number of nitrogens with one attached hydrogen (secondary N) is 1. The second-order valence-electron chi connectivity index (χ2n) is 5.74. The van der Waals surface area contributed by atoms with Crippen LogP contribution in [0.4, 0.5) is 0 Å². The number of carbonyl (C=O) groups is 1. The lowest BCUT2D eigenvalue weighted by molar-refractivity contribution is 0.0855. The predicted octanol–water partition coefficient (Wildman–Crippen LogP) is 3.73. The minimum absolute atomic E-state index is 0.106. The third-order valence-corrected chi connectivity index (χ3v) is 4.60. The van der Waals surface area contributed by atoms with E-state index in [0.29, 0.717) is 17.3 Å². The quantitative estimate of drug-likeness (QED) is 0.901. The van der Waals surface area contributed by atoms with Gasteiger partial charge in [0.25, 0.3) is 5.91 Å². The number of hydrogen-bond donors (Lipinski definition) is 1. The molecule has 2 aromatic rings. The molecule has 1 aliphatic carbocycles. The van der Waals surface area contributed by atoms with Crippen LogP contribution in [0.25, 0.3) is 0 Å². The predicted molar refractivity (Wildman–Crippen MR) is 85.4 cm³/mol. The number of aryl methyl sites for hydroxylation is 1. The van der Waals surface area contributed by atoms with Crippen molar-refractivity contribution in [2.75, 3.05) is 0 Å². The van der Waals surface area contributed by atoms with Gasteiger partial charge < -0.3 is 9.84 Å². The van der Waals surface area contributed by atoms with Crippen LogP contribution in [0.15, 0.2) is 33.3 Å². The summed E-state index contributed by atoms with van der Waals surface area (Å²) >= 11 is 3.40. The van der Waals surface area contributed by atoms with Crippen molar-refractivity contribution in [1.82, 2.24) is 15.5 Å². The molecule has 3 rings (SSSR count). The summed E-state index contributed by atoms with van der Waals surface area (Å²) in [6, 6.07) is 7.37. The Morgan fingerprint density at radius 1 is 1.32 bits per heavy atom. The van der Waals surface area contributed by atoms with Gasteiger partial charge >= 0.3 is 0 Å². The molecule has 0 spiro atoms. The minimum Gasteiger partial charge on any atom is -0.340 e. The zero-order valence-corrected chi connectivity index (χ0v) is 14.0. The Morgan fingerprint density at radius 2 is 2.09 bits per heavy atom. The van der Waals surface area contributed by atoms with Gasteiger partial charge in [0, 0.05) is 17.0 Å². The van der Waals surface area contributed by atoms with Crippen LogP contribution in [0, 0.1) is 6.92 Å². The van der Waals surface area contributed by atoms with Crippen LogP contribution in [-0.2, 0) is 5.54 Å². The van der Waals surface area contributed by atoms with Gasteiger partial charge in [0.1, 0.15) is 5.54 Å². The topological polar surface area (TPSA) is 68.0 Å². The monoisotopic (exact) mass is 363 g/mol. The van der Waals surface area contributed by atoms with Crippen LogP contribution in [0.3, 0.4) is 0 Å². The number of rotatable bonds is 3. The van der Waals surface area contributed by atoms with Gasteiger partial charge in [-0.2, -0.15) is 4.98 Å². The normalized spacial score (nSPS) is 17.2. The molecule has 0 saturated heterocycles. The summed E-state index contributed by atoms with van der Waals surface area (Å²) < 4.78 is 6.01. The van der Waals surface area contributed by atoms with Crippen LogP contribution in [0.1, 0.15) is 54.2 Å². The summed E-state index contributed by atoms with van der Waals surface area (Å²) in [5.41, 5.74) is 0.106. The van der Waals surface area contributed by atoms with Gasteiger partial charge in [0.2, 0.25) is 5.89 Å². The zero-order chi connectivity index (χ0) is 15.6. The van der Waals surface area contributed by atoms with Crippen LogP contribution >= 0.6 is 15.9 Å². The highest BCUT2D eigenvalue weighted by atomic mass is 79.9. The molecule has 0 aliphatic heterocycles. The number of hydrogen-bond acceptors (Lipinski definition) is 4. The molecule has 1 aliphatic rings. The molecule has 116 valence electrons. The third-order valence-electron chi connectivity index (χ3n) is 4.10. The van der Waals surface area contributed by atoms with Crippen molar-refractivity contribution in [2.24, 2.45) is 0 Å². The van der Waals surface area contributed by atoms with Crippen LogP contribution in [-0.4, -0.2) is 16.0 Å². The number of halogens is 1. The molecule has 22 heavy (non-hydrogen) atoms. The second-order valence-corrected chi connectivity index (χ2v) is 6.66. The number of nitrogens with zero attached hydrogens (tertiary/aromatic N) is 2. The number of carbonyl (C=O) groups excluding carboxylic acids is 1. The highest BCUT2D eigenvalue weighted by Gasteiger charge is 2.39. The minimum atomic E-state index is -0.518. The maximum atomic E-state index is 12.6. The van der Waals surface area contributed by atoms with Crippen LogP contribution in [0.2, 0.25) is 0 Å². The molecule has 1 fully saturated rings. The average Bonchev–Trinajstić information content (AvgIpc) is 2.95. The maximum Gasteiger partial charge on any atom is 0.252 e. The van der Waals surface area contributed by atoms with Crippen molar-refractivity contribution in [1.29, 1.82) is 0 Å². The summed E-state index contributed by atoms with van der Waals surface area (Å²) in [4.78, 5) is 17.0. The molecule has 1 aromatic carbocycles. The molecule has 0 radical (unpaired) electrons. The fourth-order valence-electron chi connectivity index (χ4n) is 2.97. The van der Waals surface area contributed by atoms with Crippen molar-refractivity contribution in [3.05, 3.63) is 46.0 Å². The standard InChI is InChI=1S/C16H18BrN3O2/c1-11-18-15(20-22-11)16(8-3-2-4-9-16)19-14(21)12-6-5-7-13(17)10-12/h5-7,10H,2-4,8-9H2,1H3,(H,19,21). The lowest BCUT2D eigenvalue weighted by Crippen LogP contribution is -2.48. The van der Waals surface area contributed by atoms with Gasteiger partial charge in [0.15, 0.2) is 5.82 Å². The fraction of sp³-hybridized carbons (Fsp3) is 0.438. The van der Waals surface area contributed by atoms with E-state index in [9.17, 15) is 4.79 Å². The van der Waals surface area contributed by atoms with Gasteiger partial charge in [-0.05, 0) is 31.0 Å². The van der Waals surface area contributed by atoms with Crippen molar-refractivity contribution < 1.29 is 9.32 Å². The summed E-state index contributed by atoms with van der Waals surface area (Å²) in [7, 11) is 0. The van der Waals surface area contributed by atoms with E-state index >= 15 is 0 Å². The Bertz CT molecular complexity index is 678. The number of amides is 1. The van der Waals surface area contributed by atoms with E-state index in [0.717, 1.165) is 30.2 Å². The molecule has 6 heteroatoms. The molecular formula is C16H18BrN3O2. The first-order valence-electron chi connectivity index (χ1n) is 7.48. The largest absolute Gasteiger partial charge is 0.340 e. The molecule has 1 aromatic heterocycles. The molecule has 5 nitrogen and oxygen atoms in total. The van der Waals surface area contributed by atoms with Gasteiger partial charge in [-0.1, -0.05) is 46.4 Å². The third kappa shape index (κ3) is 3.06. The molecule has 0 atom stereocenters. The van der Waals surface area contributed by atoms with E-state index in [1.165, 1.54) is 6.42 Å². The van der Waals surface area contributed by atoms with Crippen LogP contribution in [0.5, 0.6) is 0 Å². The Balaban J connectivity index is 1.89. The molecule has 1 N–H and O–H groups in total. The number of benzene rings is 1. The van der Waals surface area contributed by atoms with Gasteiger partial charge in [0.05, 0.1) is 0 Å². The van der Waals surface area contributed by atoms with E-state index in [4.69, 9.17) is 4.52 Å². The van der Waals surface area contributed by atoms with E-state index in [-0.39, 0.29) is 5.91 Å². The first-order chi connectivity index (χ1) is 10.6. The SMILES string of the molecule is Cc1nc(C2(NC(=O)c3cccc(Br)c3)CCCCC2)no1. The van der Waals surface area contributed by atoms with Gasteiger partial charge in [-0.25, -0.2) is 0 Å². The van der Waals surface area contributed by atoms with E-state index < -0.39 is 5.54 Å². The van der Waals surface area contributed by atoms with Gasteiger partial charge in [-0.3, -0.25) is 4.79 Å².